The van der Waals surface area contributed by atoms with Crippen LogP contribution in [0.3, 0.4) is 0 Å². The van der Waals surface area contributed by atoms with Crippen molar-refractivity contribution in [2.75, 3.05) is 18.5 Å². The molecule has 0 saturated carbocycles. The van der Waals surface area contributed by atoms with Gasteiger partial charge in [0, 0.05) is 0 Å². The standard InChI is InChI=1S/C29H25N3O2S/c1-3-9-20(10-4-1)17-22-18-33-28(30-22)23-13-7-8-14-24(23)31-25-15-16-35-27(25)29-32-26(19-34-29)21-11-5-2-6-12-21/h1-16,22,26,31H,17-19H2/t22-,26+/m0/s1. The van der Waals surface area contributed by atoms with E-state index in [1.54, 1.807) is 11.3 Å². The molecule has 0 bridgehead atoms. The highest BCUT2D eigenvalue weighted by molar-refractivity contribution is 7.12. The molecule has 0 aliphatic carbocycles. The minimum absolute atomic E-state index is 0.0243. The lowest BCUT2D eigenvalue weighted by atomic mass is 10.1. The van der Waals surface area contributed by atoms with Gasteiger partial charge in [-0.3, -0.25) is 0 Å². The minimum Gasteiger partial charge on any atom is -0.475 e. The lowest BCUT2D eigenvalue weighted by Crippen LogP contribution is -2.09. The van der Waals surface area contributed by atoms with Crippen molar-refractivity contribution < 1.29 is 9.47 Å². The Labute approximate surface area is 208 Å². The van der Waals surface area contributed by atoms with Crippen LogP contribution in [0.4, 0.5) is 11.4 Å². The number of nitrogens with zero attached hydrogens (tertiary/aromatic N) is 2. The maximum atomic E-state index is 6.04. The van der Waals surface area contributed by atoms with Crippen molar-refractivity contribution in [2.24, 2.45) is 9.98 Å². The number of ether oxygens (including phenoxy) is 2. The number of benzene rings is 3. The Balaban J connectivity index is 1.22. The molecule has 0 radical (unpaired) electrons. The Kier molecular flexibility index (Phi) is 6.03. The van der Waals surface area contributed by atoms with E-state index in [-0.39, 0.29) is 12.1 Å². The number of hydrogen-bond acceptors (Lipinski definition) is 6. The number of thiophene rings is 1. The average Bonchev–Trinajstić information content (AvgIpc) is 3.67. The summed E-state index contributed by atoms with van der Waals surface area (Å²) in [6.07, 6.45) is 0.869. The Hall–Kier alpha value is -3.90. The van der Waals surface area contributed by atoms with Crippen molar-refractivity contribution in [1.29, 1.82) is 0 Å². The number of hydrogen-bond donors (Lipinski definition) is 1. The molecule has 0 amide bonds. The molecular weight excluding hydrogens is 454 g/mol. The van der Waals surface area contributed by atoms with Crippen LogP contribution in [0.5, 0.6) is 0 Å². The van der Waals surface area contributed by atoms with Gasteiger partial charge in [-0.05, 0) is 41.1 Å². The number of rotatable bonds is 7. The molecule has 35 heavy (non-hydrogen) atoms. The third-order valence-corrected chi connectivity index (χ3v) is 7.05. The molecule has 0 spiro atoms. The highest BCUT2D eigenvalue weighted by atomic mass is 32.1. The average molecular weight is 480 g/mol. The molecule has 4 aromatic rings. The van der Waals surface area contributed by atoms with E-state index >= 15 is 0 Å². The van der Waals surface area contributed by atoms with Gasteiger partial charge in [0.25, 0.3) is 0 Å². The van der Waals surface area contributed by atoms with Crippen LogP contribution in [0.2, 0.25) is 0 Å². The third kappa shape index (κ3) is 4.70. The molecule has 2 aliphatic heterocycles. The number of nitrogens with one attached hydrogen (secondary N) is 1. The van der Waals surface area contributed by atoms with E-state index < -0.39 is 0 Å². The summed E-state index contributed by atoms with van der Waals surface area (Å²) in [6, 6.07) is 31.1. The van der Waals surface area contributed by atoms with Gasteiger partial charge in [-0.25, -0.2) is 9.98 Å². The Morgan fingerprint density at radius 1 is 0.743 bits per heavy atom. The predicted octanol–water partition coefficient (Wildman–Crippen LogP) is 6.40. The van der Waals surface area contributed by atoms with Crippen molar-refractivity contribution >= 4 is 34.5 Å². The van der Waals surface area contributed by atoms with E-state index in [4.69, 9.17) is 19.5 Å². The van der Waals surface area contributed by atoms with Crippen LogP contribution in [-0.2, 0) is 15.9 Å². The Morgan fingerprint density at radius 3 is 2.34 bits per heavy atom. The zero-order valence-electron chi connectivity index (χ0n) is 19.1. The molecular formula is C29H25N3O2S. The molecule has 6 heteroatoms. The van der Waals surface area contributed by atoms with Crippen LogP contribution < -0.4 is 5.32 Å². The quantitative estimate of drug-likeness (QED) is 0.334. The van der Waals surface area contributed by atoms with Crippen LogP contribution in [0, 0.1) is 0 Å². The molecule has 174 valence electrons. The molecule has 1 N–H and O–H groups in total. The lowest BCUT2D eigenvalue weighted by Gasteiger charge is -2.12. The molecule has 3 heterocycles. The van der Waals surface area contributed by atoms with Crippen LogP contribution in [-0.4, -0.2) is 31.1 Å². The van der Waals surface area contributed by atoms with E-state index in [1.807, 2.05) is 42.5 Å². The first-order valence-electron chi connectivity index (χ1n) is 11.8. The molecule has 2 atom stereocenters. The molecule has 6 rings (SSSR count). The van der Waals surface area contributed by atoms with Gasteiger partial charge in [-0.1, -0.05) is 72.8 Å². The van der Waals surface area contributed by atoms with Gasteiger partial charge in [0.05, 0.1) is 23.0 Å². The molecule has 0 unspecified atom stereocenters. The van der Waals surface area contributed by atoms with E-state index in [0.29, 0.717) is 25.0 Å². The zero-order chi connectivity index (χ0) is 23.5. The van der Waals surface area contributed by atoms with Crippen LogP contribution in [0.1, 0.15) is 27.6 Å². The second-order valence-corrected chi connectivity index (χ2v) is 9.51. The number of anilines is 2. The SMILES string of the molecule is c1ccc(C[C@H]2COC(c3ccccc3Nc3ccsc3C3=N[C@@H](c4ccccc4)CO3)=N2)cc1. The summed E-state index contributed by atoms with van der Waals surface area (Å²) < 4.78 is 12.1. The molecule has 2 aliphatic rings. The third-order valence-electron chi connectivity index (χ3n) is 6.15. The molecule has 3 aromatic carbocycles. The largest absolute Gasteiger partial charge is 0.475 e. The van der Waals surface area contributed by atoms with E-state index in [9.17, 15) is 0 Å². The highest BCUT2D eigenvalue weighted by Gasteiger charge is 2.26. The first-order chi connectivity index (χ1) is 17.3. The predicted molar refractivity (Wildman–Crippen MR) is 142 cm³/mol. The summed E-state index contributed by atoms with van der Waals surface area (Å²) in [5.74, 6) is 1.37. The van der Waals surface area contributed by atoms with E-state index in [1.165, 1.54) is 11.1 Å². The number of para-hydroxylation sites is 1. The van der Waals surface area contributed by atoms with Gasteiger partial charge in [-0.2, -0.15) is 0 Å². The molecule has 0 saturated heterocycles. The summed E-state index contributed by atoms with van der Waals surface area (Å²) >= 11 is 1.62. The normalized spacial score (nSPS) is 19.0. The first-order valence-corrected chi connectivity index (χ1v) is 12.7. The van der Waals surface area contributed by atoms with Gasteiger partial charge in [0.15, 0.2) is 0 Å². The van der Waals surface area contributed by atoms with Gasteiger partial charge >= 0.3 is 0 Å². The summed E-state index contributed by atoms with van der Waals surface area (Å²) in [4.78, 5) is 10.8. The Bertz CT molecular complexity index is 1360. The van der Waals surface area contributed by atoms with Gasteiger partial charge < -0.3 is 14.8 Å². The molecule has 5 nitrogen and oxygen atoms in total. The highest BCUT2D eigenvalue weighted by Crippen LogP contribution is 2.33. The van der Waals surface area contributed by atoms with Crippen molar-refractivity contribution in [3.8, 4) is 0 Å². The molecule has 1 aromatic heterocycles. The molecule has 0 fully saturated rings. The van der Waals surface area contributed by atoms with E-state index in [0.717, 1.165) is 28.2 Å². The first kappa shape index (κ1) is 21.6. The number of aliphatic imine (C=N–C) groups is 2. The van der Waals surface area contributed by atoms with Gasteiger partial charge in [-0.15, -0.1) is 11.3 Å². The summed E-state index contributed by atoms with van der Waals surface area (Å²) in [5, 5.41) is 5.64. The van der Waals surface area contributed by atoms with Crippen LogP contribution >= 0.6 is 11.3 Å². The van der Waals surface area contributed by atoms with Crippen molar-refractivity contribution in [3.63, 3.8) is 0 Å². The van der Waals surface area contributed by atoms with Crippen LogP contribution in [0.25, 0.3) is 0 Å². The fraction of sp³-hybridized carbons (Fsp3) is 0.172. The second kappa shape index (κ2) is 9.76. The van der Waals surface area contributed by atoms with Crippen molar-refractivity contribution in [2.45, 2.75) is 18.5 Å². The zero-order valence-corrected chi connectivity index (χ0v) is 19.9. The smallest absolute Gasteiger partial charge is 0.229 e. The van der Waals surface area contributed by atoms with Crippen LogP contribution in [0.15, 0.2) is 106 Å². The van der Waals surface area contributed by atoms with Crippen molar-refractivity contribution in [1.82, 2.24) is 0 Å². The van der Waals surface area contributed by atoms with Gasteiger partial charge in [0.2, 0.25) is 11.8 Å². The van der Waals surface area contributed by atoms with Crippen molar-refractivity contribution in [3.05, 3.63) is 118 Å². The monoisotopic (exact) mass is 479 g/mol. The van der Waals surface area contributed by atoms with E-state index in [2.05, 4.69) is 59.2 Å². The maximum Gasteiger partial charge on any atom is 0.229 e. The summed E-state index contributed by atoms with van der Waals surface area (Å²) in [5.41, 5.74) is 5.31. The fourth-order valence-electron chi connectivity index (χ4n) is 4.39. The summed E-state index contributed by atoms with van der Waals surface area (Å²) in [7, 11) is 0. The lowest BCUT2D eigenvalue weighted by molar-refractivity contribution is 0.317. The fourth-order valence-corrected chi connectivity index (χ4v) is 5.19. The Morgan fingerprint density at radius 2 is 1.49 bits per heavy atom. The summed E-state index contributed by atoms with van der Waals surface area (Å²) in [6.45, 7) is 1.15. The second-order valence-electron chi connectivity index (χ2n) is 8.59. The topological polar surface area (TPSA) is 55.2 Å². The van der Waals surface area contributed by atoms with Gasteiger partial charge in [0.1, 0.15) is 24.1 Å². The minimum atomic E-state index is 0.0243. The maximum absolute atomic E-state index is 6.04.